The van der Waals surface area contributed by atoms with Gasteiger partial charge in [0.1, 0.15) is 13.2 Å². The number of carbonyl (C=O) groups is 3. The Morgan fingerprint density at radius 3 is 0.899 bits per heavy atom. The van der Waals surface area contributed by atoms with Crippen molar-refractivity contribution in [2.45, 2.75) is 219 Å². The molecule has 1 unspecified atom stereocenters. The summed E-state index contributed by atoms with van der Waals surface area (Å²) in [5, 5.41) is 0. The second-order valence-electron chi connectivity index (χ2n) is 17.4. The van der Waals surface area contributed by atoms with Crippen molar-refractivity contribution >= 4 is 17.9 Å². The molecule has 0 aromatic heterocycles. The molecule has 0 saturated heterocycles. The normalized spacial score (nSPS) is 13.3. The molecule has 0 N–H and O–H groups in total. The van der Waals surface area contributed by atoms with Crippen LogP contribution in [-0.2, 0) is 28.6 Å². The van der Waals surface area contributed by atoms with Gasteiger partial charge in [-0.2, -0.15) is 0 Å². The molecule has 0 fully saturated rings. The zero-order valence-corrected chi connectivity index (χ0v) is 44.0. The lowest BCUT2D eigenvalue weighted by Crippen LogP contribution is -2.30. The molecule has 0 aliphatic rings. The Hall–Kier alpha value is -4.71. The van der Waals surface area contributed by atoms with Gasteiger partial charge in [0.2, 0.25) is 0 Å². The van der Waals surface area contributed by atoms with Crippen LogP contribution in [0.2, 0.25) is 0 Å². The van der Waals surface area contributed by atoms with E-state index in [1.54, 1.807) is 0 Å². The molecule has 6 heteroatoms. The van der Waals surface area contributed by atoms with Gasteiger partial charge in [0.05, 0.1) is 0 Å². The number of rotatable bonds is 47. The maximum Gasteiger partial charge on any atom is 0.306 e. The molecule has 0 radical (unpaired) electrons. The summed E-state index contributed by atoms with van der Waals surface area (Å²) in [5.41, 5.74) is 0. The van der Waals surface area contributed by atoms with Crippen LogP contribution in [0.25, 0.3) is 0 Å². The van der Waals surface area contributed by atoms with Crippen LogP contribution in [0, 0.1) is 0 Å². The lowest BCUT2D eigenvalue weighted by molar-refractivity contribution is -0.167. The summed E-state index contributed by atoms with van der Waals surface area (Å²) >= 11 is 0. The van der Waals surface area contributed by atoms with Crippen LogP contribution in [-0.4, -0.2) is 37.2 Å². The average molecular weight is 951 g/mol. The van der Waals surface area contributed by atoms with E-state index in [-0.39, 0.29) is 31.1 Å². The van der Waals surface area contributed by atoms with Gasteiger partial charge in [-0.3, -0.25) is 14.4 Å². The van der Waals surface area contributed by atoms with E-state index in [4.69, 9.17) is 14.2 Å². The first-order chi connectivity index (χ1) is 34.0. The van der Waals surface area contributed by atoms with Gasteiger partial charge in [0, 0.05) is 19.3 Å². The van der Waals surface area contributed by atoms with Crippen molar-refractivity contribution in [3.63, 3.8) is 0 Å². The van der Waals surface area contributed by atoms with E-state index in [1.165, 1.54) is 0 Å². The Kier molecular flexibility index (Phi) is 52.1. The fraction of sp³-hybridized carbons (Fsp3) is 0.571. The zero-order chi connectivity index (χ0) is 50.0. The molecule has 386 valence electrons. The SMILES string of the molecule is CC/C=C\C/C=C\C/C=C\C/C=C\C/C=C\C/C=C\C/C=C\CCCCCC(=O)OCC(COC(=O)CCCCCCC)OC(=O)CCCCCCC/C=C\C/C=C\C/C=C\C/C=C\C/C=C\CC. The average Bonchev–Trinajstić information content (AvgIpc) is 3.35. The molecule has 0 saturated carbocycles. The molecule has 0 amide bonds. The van der Waals surface area contributed by atoms with Gasteiger partial charge in [-0.1, -0.05) is 218 Å². The van der Waals surface area contributed by atoms with E-state index in [9.17, 15) is 14.4 Å². The van der Waals surface area contributed by atoms with Gasteiger partial charge in [-0.25, -0.2) is 0 Å². The Bertz CT molecular complexity index is 1560. The lowest BCUT2D eigenvalue weighted by atomic mass is 10.1. The molecule has 0 bridgehead atoms. The molecule has 0 spiro atoms. The highest BCUT2D eigenvalue weighted by Crippen LogP contribution is 2.12. The molecule has 69 heavy (non-hydrogen) atoms. The van der Waals surface area contributed by atoms with Crippen molar-refractivity contribution in [1.82, 2.24) is 0 Å². The molecule has 0 aliphatic carbocycles. The fourth-order valence-electron chi connectivity index (χ4n) is 6.80. The number of carbonyl (C=O) groups excluding carboxylic acids is 3. The third-order valence-electron chi connectivity index (χ3n) is 10.8. The number of hydrogen-bond acceptors (Lipinski definition) is 6. The minimum Gasteiger partial charge on any atom is -0.462 e. The summed E-state index contributed by atoms with van der Waals surface area (Å²) in [6.07, 6.45) is 80.1. The van der Waals surface area contributed by atoms with Crippen molar-refractivity contribution in [1.29, 1.82) is 0 Å². The van der Waals surface area contributed by atoms with Crippen LogP contribution in [0.4, 0.5) is 0 Å². The molecule has 0 aliphatic heterocycles. The third kappa shape index (κ3) is 54.1. The van der Waals surface area contributed by atoms with E-state index >= 15 is 0 Å². The quantitative estimate of drug-likeness (QED) is 0.0262. The van der Waals surface area contributed by atoms with Crippen LogP contribution in [0.3, 0.4) is 0 Å². The molecule has 0 rings (SSSR count). The van der Waals surface area contributed by atoms with Crippen molar-refractivity contribution in [2.75, 3.05) is 13.2 Å². The Balaban J connectivity index is 4.29. The summed E-state index contributed by atoms with van der Waals surface area (Å²) in [6, 6.07) is 0. The molecule has 1 atom stereocenters. The minimum atomic E-state index is -0.805. The largest absolute Gasteiger partial charge is 0.462 e. The van der Waals surface area contributed by atoms with Crippen LogP contribution in [0.5, 0.6) is 0 Å². The number of allylic oxidation sites excluding steroid dienone is 24. The number of esters is 3. The van der Waals surface area contributed by atoms with Gasteiger partial charge in [-0.15, -0.1) is 0 Å². The predicted octanol–water partition coefficient (Wildman–Crippen LogP) is 18.4. The first-order valence-corrected chi connectivity index (χ1v) is 27.3. The van der Waals surface area contributed by atoms with Crippen LogP contribution in [0.1, 0.15) is 213 Å². The van der Waals surface area contributed by atoms with Gasteiger partial charge in [0.25, 0.3) is 0 Å². The Morgan fingerprint density at radius 1 is 0.304 bits per heavy atom. The minimum absolute atomic E-state index is 0.104. The maximum absolute atomic E-state index is 12.8. The molecular formula is C63H98O6. The highest BCUT2D eigenvalue weighted by atomic mass is 16.6. The molecular weight excluding hydrogens is 853 g/mol. The van der Waals surface area contributed by atoms with Crippen LogP contribution < -0.4 is 0 Å². The van der Waals surface area contributed by atoms with Gasteiger partial charge in [0.15, 0.2) is 6.10 Å². The highest BCUT2D eigenvalue weighted by molar-refractivity contribution is 5.71. The van der Waals surface area contributed by atoms with Crippen molar-refractivity contribution in [3.8, 4) is 0 Å². The van der Waals surface area contributed by atoms with E-state index in [1.807, 2.05) is 0 Å². The monoisotopic (exact) mass is 951 g/mol. The Morgan fingerprint density at radius 2 is 0.565 bits per heavy atom. The fourth-order valence-corrected chi connectivity index (χ4v) is 6.80. The standard InChI is InChI=1S/C63H98O6/c1-4-7-10-13-15-17-19-21-23-25-27-29-30-31-32-34-35-37-39-41-43-45-47-50-53-56-62(65)68-59-60(58-67-61(64)55-52-49-12-9-6-3)69-63(66)57-54-51-48-46-44-42-40-38-36-33-28-26-24-22-20-18-16-14-11-8-5-2/h7-8,10-11,15-18,21-24,27-29,31-33,35,37-38,40-41,43,60H,4-6,9,12-14,19-20,25-26,30,34,36,39,42,44-59H2,1-3H3/b10-7-,11-8-,17-15-,18-16-,23-21-,24-22-,29-27-,32-31-,33-28-,37-35-,40-38-,43-41-. The summed E-state index contributed by atoms with van der Waals surface area (Å²) < 4.78 is 16.7. The Labute approximate surface area is 423 Å². The molecule has 6 nitrogen and oxygen atoms in total. The van der Waals surface area contributed by atoms with E-state index in [0.717, 1.165) is 173 Å². The lowest BCUT2D eigenvalue weighted by Gasteiger charge is -2.18. The van der Waals surface area contributed by atoms with Crippen molar-refractivity contribution in [3.05, 3.63) is 146 Å². The maximum atomic E-state index is 12.8. The summed E-state index contributed by atoms with van der Waals surface area (Å²) in [4.78, 5) is 37.8. The molecule has 0 heterocycles. The smallest absolute Gasteiger partial charge is 0.306 e. The summed E-state index contributed by atoms with van der Waals surface area (Å²) in [6.45, 7) is 6.26. The number of unbranched alkanes of at least 4 members (excludes halogenated alkanes) is 12. The van der Waals surface area contributed by atoms with Gasteiger partial charge in [-0.05, 0) is 122 Å². The second kappa shape index (κ2) is 55.9. The topological polar surface area (TPSA) is 78.9 Å². The number of hydrogen-bond donors (Lipinski definition) is 0. The van der Waals surface area contributed by atoms with Crippen LogP contribution >= 0.6 is 0 Å². The summed E-state index contributed by atoms with van der Waals surface area (Å²) in [5.74, 6) is -0.981. The highest BCUT2D eigenvalue weighted by Gasteiger charge is 2.19. The third-order valence-corrected chi connectivity index (χ3v) is 10.8. The van der Waals surface area contributed by atoms with E-state index in [0.29, 0.717) is 19.3 Å². The van der Waals surface area contributed by atoms with E-state index in [2.05, 4.69) is 167 Å². The second-order valence-corrected chi connectivity index (χ2v) is 17.4. The zero-order valence-electron chi connectivity index (χ0n) is 44.0. The summed E-state index contributed by atoms with van der Waals surface area (Å²) in [7, 11) is 0. The first kappa shape index (κ1) is 64.3. The van der Waals surface area contributed by atoms with Gasteiger partial charge < -0.3 is 14.2 Å². The van der Waals surface area contributed by atoms with Gasteiger partial charge >= 0.3 is 17.9 Å². The van der Waals surface area contributed by atoms with Crippen molar-refractivity contribution in [2.24, 2.45) is 0 Å². The number of ether oxygens (including phenoxy) is 3. The molecule has 0 aromatic carbocycles. The first-order valence-electron chi connectivity index (χ1n) is 27.3. The molecule has 0 aromatic rings. The predicted molar refractivity (Wildman–Crippen MR) is 297 cm³/mol. The van der Waals surface area contributed by atoms with E-state index < -0.39 is 6.10 Å². The van der Waals surface area contributed by atoms with Crippen LogP contribution in [0.15, 0.2) is 146 Å². The van der Waals surface area contributed by atoms with Crippen molar-refractivity contribution < 1.29 is 28.6 Å².